The van der Waals surface area contributed by atoms with Gasteiger partial charge in [-0.2, -0.15) is 0 Å². The quantitative estimate of drug-likeness (QED) is 0.909. The van der Waals surface area contributed by atoms with E-state index < -0.39 is 0 Å². The van der Waals surface area contributed by atoms with E-state index in [2.05, 4.69) is 50.1 Å². The van der Waals surface area contributed by atoms with Crippen LogP contribution in [-0.4, -0.2) is 18.0 Å². The van der Waals surface area contributed by atoms with Gasteiger partial charge in [0, 0.05) is 18.6 Å². The first-order valence-corrected chi connectivity index (χ1v) is 7.24. The maximum absolute atomic E-state index is 13.0. The number of nitrogens with zero attached hydrogens (tertiary/aromatic N) is 1. The summed E-state index contributed by atoms with van der Waals surface area (Å²) < 4.78 is 13.0. The second-order valence-corrected chi connectivity index (χ2v) is 5.72. The minimum atomic E-state index is -0.230. The zero-order valence-electron chi connectivity index (χ0n) is 12.9. The highest BCUT2D eigenvalue weighted by Crippen LogP contribution is 2.20. The van der Waals surface area contributed by atoms with Crippen molar-refractivity contribution in [3.63, 3.8) is 0 Å². The van der Waals surface area contributed by atoms with E-state index in [1.54, 1.807) is 12.1 Å². The smallest absolute Gasteiger partial charge is 0.123 e. The van der Waals surface area contributed by atoms with Crippen molar-refractivity contribution in [2.24, 2.45) is 5.73 Å². The van der Waals surface area contributed by atoms with Gasteiger partial charge < -0.3 is 5.73 Å². The molecule has 0 saturated carbocycles. The van der Waals surface area contributed by atoms with Gasteiger partial charge in [0.1, 0.15) is 5.82 Å². The van der Waals surface area contributed by atoms with E-state index in [4.69, 9.17) is 5.73 Å². The Morgan fingerprint density at radius 3 is 2.43 bits per heavy atom. The largest absolute Gasteiger partial charge is 0.323 e. The zero-order chi connectivity index (χ0) is 15.4. The number of benzene rings is 2. The summed E-state index contributed by atoms with van der Waals surface area (Å²) in [5.41, 5.74) is 9.80. The lowest BCUT2D eigenvalue weighted by molar-refractivity contribution is 0.219. The first-order valence-electron chi connectivity index (χ1n) is 7.24. The summed E-state index contributed by atoms with van der Waals surface area (Å²) in [6.07, 6.45) is 0. The minimum absolute atomic E-state index is 0.139. The number of hydrogen-bond acceptors (Lipinski definition) is 2. The van der Waals surface area contributed by atoms with E-state index in [0.717, 1.165) is 12.1 Å². The first-order chi connectivity index (χ1) is 9.97. The van der Waals surface area contributed by atoms with Crippen LogP contribution in [0.4, 0.5) is 4.39 Å². The third-order valence-corrected chi connectivity index (χ3v) is 3.98. The van der Waals surface area contributed by atoms with Gasteiger partial charge in [0.15, 0.2) is 0 Å². The summed E-state index contributed by atoms with van der Waals surface area (Å²) in [4.78, 5) is 2.22. The number of likely N-dealkylation sites (N-methyl/N-ethyl adjacent to an activating group) is 1. The predicted molar refractivity (Wildman–Crippen MR) is 85.4 cm³/mol. The second kappa shape index (κ2) is 6.83. The van der Waals surface area contributed by atoms with Crippen molar-refractivity contribution in [2.75, 3.05) is 7.05 Å². The van der Waals surface area contributed by atoms with Gasteiger partial charge in [0.05, 0.1) is 0 Å². The minimum Gasteiger partial charge on any atom is -0.323 e. The summed E-state index contributed by atoms with van der Waals surface area (Å²) in [6.45, 7) is 5.04. The van der Waals surface area contributed by atoms with Gasteiger partial charge >= 0.3 is 0 Å². The van der Waals surface area contributed by atoms with Crippen LogP contribution in [0.2, 0.25) is 0 Å². The Morgan fingerprint density at radius 1 is 1.14 bits per heavy atom. The van der Waals surface area contributed by atoms with Crippen molar-refractivity contribution in [1.29, 1.82) is 0 Å². The lowest BCUT2D eigenvalue weighted by atomic mass is 10.00. The van der Waals surface area contributed by atoms with Gasteiger partial charge in [0.2, 0.25) is 0 Å². The third-order valence-electron chi connectivity index (χ3n) is 3.98. The Balaban J connectivity index is 2.04. The normalized spacial score (nSPS) is 14.2. The Kier molecular flexibility index (Phi) is 5.10. The fourth-order valence-electron chi connectivity index (χ4n) is 2.48. The molecule has 2 rings (SSSR count). The number of rotatable bonds is 5. The Morgan fingerprint density at radius 2 is 1.81 bits per heavy atom. The Hall–Kier alpha value is -1.71. The fourth-order valence-corrected chi connectivity index (χ4v) is 2.48. The van der Waals surface area contributed by atoms with E-state index in [0.29, 0.717) is 0 Å². The molecule has 2 aromatic carbocycles. The molecule has 0 aromatic heterocycles. The Bertz CT molecular complexity index is 580. The molecule has 0 heterocycles. The van der Waals surface area contributed by atoms with Crippen LogP contribution >= 0.6 is 0 Å². The molecule has 0 bridgehead atoms. The monoisotopic (exact) mass is 286 g/mol. The van der Waals surface area contributed by atoms with Crippen molar-refractivity contribution < 1.29 is 4.39 Å². The van der Waals surface area contributed by atoms with Crippen LogP contribution < -0.4 is 5.73 Å². The maximum atomic E-state index is 13.0. The van der Waals surface area contributed by atoms with Gasteiger partial charge in [-0.25, -0.2) is 4.39 Å². The number of halogens is 1. The molecule has 3 heteroatoms. The van der Waals surface area contributed by atoms with Crippen LogP contribution in [0.3, 0.4) is 0 Å². The summed E-state index contributed by atoms with van der Waals surface area (Å²) >= 11 is 0. The molecule has 2 N–H and O–H groups in total. The second-order valence-electron chi connectivity index (χ2n) is 5.72. The van der Waals surface area contributed by atoms with Crippen LogP contribution in [0.25, 0.3) is 0 Å². The maximum Gasteiger partial charge on any atom is 0.123 e. The lowest BCUT2D eigenvalue weighted by Gasteiger charge is -2.30. The average Bonchev–Trinajstić information content (AvgIpc) is 2.46. The lowest BCUT2D eigenvalue weighted by Crippen LogP contribution is -2.37. The zero-order valence-corrected chi connectivity index (χ0v) is 12.9. The molecule has 0 aliphatic rings. The predicted octanol–water partition coefficient (Wildman–Crippen LogP) is 3.65. The fraction of sp³-hybridized carbons (Fsp3) is 0.333. The van der Waals surface area contributed by atoms with Crippen LogP contribution in [0, 0.1) is 12.7 Å². The standard InChI is InChI=1S/C18H23FN2/c1-13-5-4-6-15(11-13)12-21(3)14(2)18(20)16-7-9-17(19)10-8-16/h4-11,14,18H,12,20H2,1-3H3. The summed E-state index contributed by atoms with van der Waals surface area (Å²) in [5.74, 6) is -0.230. The van der Waals surface area contributed by atoms with E-state index in [1.165, 1.54) is 23.3 Å². The molecule has 0 aliphatic carbocycles. The molecule has 112 valence electrons. The van der Waals surface area contributed by atoms with Gasteiger partial charge in [-0.1, -0.05) is 42.0 Å². The van der Waals surface area contributed by atoms with Crippen LogP contribution in [-0.2, 0) is 6.54 Å². The first kappa shape index (κ1) is 15.7. The molecule has 0 radical (unpaired) electrons. The van der Waals surface area contributed by atoms with Crippen molar-refractivity contribution in [3.05, 3.63) is 71.0 Å². The van der Waals surface area contributed by atoms with Crippen molar-refractivity contribution in [1.82, 2.24) is 4.90 Å². The van der Waals surface area contributed by atoms with Crippen molar-refractivity contribution in [3.8, 4) is 0 Å². The molecule has 2 aromatic rings. The van der Waals surface area contributed by atoms with Crippen LogP contribution in [0.1, 0.15) is 29.7 Å². The number of nitrogens with two attached hydrogens (primary N) is 1. The molecule has 0 aliphatic heterocycles. The van der Waals surface area contributed by atoms with E-state index >= 15 is 0 Å². The van der Waals surface area contributed by atoms with Crippen LogP contribution in [0.5, 0.6) is 0 Å². The highest BCUT2D eigenvalue weighted by molar-refractivity contribution is 5.23. The molecule has 0 amide bonds. The van der Waals surface area contributed by atoms with E-state index in [-0.39, 0.29) is 17.9 Å². The molecule has 2 nitrogen and oxygen atoms in total. The Labute approximate surface area is 126 Å². The van der Waals surface area contributed by atoms with E-state index in [1.807, 2.05) is 0 Å². The molecular weight excluding hydrogens is 263 g/mol. The number of aryl methyl sites for hydroxylation is 1. The molecule has 0 saturated heterocycles. The molecule has 2 unspecified atom stereocenters. The topological polar surface area (TPSA) is 29.3 Å². The highest BCUT2D eigenvalue weighted by atomic mass is 19.1. The average molecular weight is 286 g/mol. The summed E-state index contributed by atoms with van der Waals surface area (Å²) in [5, 5.41) is 0. The van der Waals surface area contributed by atoms with Gasteiger partial charge in [-0.3, -0.25) is 4.90 Å². The van der Waals surface area contributed by atoms with Gasteiger partial charge in [0.25, 0.3) is 0 Å². The third kappa shape index (κ3) is 4.13. The molecule has 0 spiro atoms. The van der Waals surface area contributed by atoms with Gasteiger partial charge in [-0.15, -0.1) is 0 Å². The molecule has 0 fully saturated rings. The molecule has 21 heavy (non-hydrogen) atoms. The summed E-state index contributed by atoms with van der Waals surface area (Å²) in [7, 11) is 2.07. The SMILES string of the molecule is Cc1cccc(CN(C)C(C)C(N)c2ccc(F)cc2)c1. The molecular formula is C18H23FN2. The van der Waals surface area contributed by atoms with Gasteiger partial charge in [-0.05, 0) is 44.2 Å². The van der Waals surface area contributed by atoms with Crippen molar-refractivity contribution >= 4 is 0 Å². The van der Waals surface area contributed by atoms with Crippen LogP contribution in [0.15, 0.2) is 48.5 Å². The highest BCUT2D eigenvalue weighted by Gasteiger charge is 2.19. The van der Waals surface area contributed by atoms with Crippen molar-refractivity contribution in [2.45, 2.75) is 32.5 Å². The molecule has 2 atom stereocenters. The van der Waals surface area contributed by atoms with E-state index in [9.17, 15) is 4.39 Å². The number of hydrogen-bond donors (Lipinski definition) is 1. The summed E-state index contributed by atoms with van der Waals surface area (Å²) in [6, 6.07) is 14.9.